The van der Waals surface area contributed by atoms with E-state index in [0.29, 0.717) is 18.5 Å². The van der Waals surface area contributed by atoms with E-state index in [1.165, 1.54) is 6.92 Å². The number of fused-ring (bicyclic) bond motifs is 1. The lowest BCUT2D eigenvalue weighted by atomic mass is 9.87. The van der Waals surface area contributed by atoms with Gasteiger partial charge in [0.25, 0.3) is 0 Å². The van der Waals surface area contributed by atoms with Crippen molar-refractivity contribution in [2.24, 2.45) is 0 Å². The zero-order valence-corrected chi connectivity index (χ0v) is 18.8. The van der Waals surface area contributed by atoms with Crippen LogP contribution in [0.25, 0.3) is 10.9 Å². The van der Waals surface area contributed by atoms with Crippen molar-refractivity contribution in [2.75, 3.05) is 6.54 Å². The second kappa shape index (κ2) is 9.02. The molecule has 2 aromatic carbocycles. The number of ketones is 1. The van der Waals surface area contributed by atoms with Gasteiger partial charge >= 0.3 is 0 Å². The van der Waals surface area contributed by atoms with Crippen molar-refractivity contribution in [2.45, 2.75) is 31.6 Å². The molecule has 0 radical (unpaired) electrons. The molecule has 0 fully saturated rings. The van der Waals surface area contributed by atoms with Crippen LogP contribution < -0.4 is 5.32 Å². The van der Waals surface area contributed by atoms with Gasteiger partial charge in [0.2, 0.25) is 5.91 Å². The quantitative estimate of drug-likeness (QED) is 0.334. The summed E-state index contributed by atoms with van der Waals surface area (Å²) < 4.78 is 0. The molecule has 1 aliphatic carbocycles. The highest BCUT2D eigenvalue weighted by Crippen LogP contribution is 2.45. The Bertz CT molecular complexity index is 1370. The summed E-state index contributed by atoms with van der Waals surface area (Å²) in [5.41, 5.74) is 4.76. The maximum absolute atomic E-state index is 13.4. The van der Waals surface area contributed by atoms with Crippen molar-refractivity contribution in [1.82, 2.24) is 20.3 Å². The van der Waals surface area contributed by atoms with E-state index in [1.807, 2.05) is 54.6 Å². The Balaban J connectivity index is 1.67. The van der Waals surface area contributed by atoms with E-state index in [0.717, 1.165) is 33.4 Å². The van der Waals surface area contributed by atoms with Gasteiger partial charge in [0.1, 0.15) is 5.76 Å². The van der Waals surface area contributed by atoms with Gasteiger partial charge in [-0.2, -0.15) is 0 Å². The number of aliphatic hydroxyl groups excluding tert-OH is 1. The molecule has 5 rings (SSSR count). The molecule has 0 saturated heterocycles. The number of hydrogen-bond donors (Lipinski definition) is 4. The minimum Gasteiger partial charge on any atom is -0.511 e. The number of imidazole rings is 1. The van der Waals surface area contributed by atoms with Crippen LogP contribution in [0.1, 0.15) is 47.7 Å². The van der Waals surface area contributed by atoms with Crippen LogP contribution in [-0.4, -0.2) is 38.3 Å². The Labute approximate surface area is 196 Å². The molecular weight excluding hydrogens is 428 g/mol. The van der Waals surface area contributed by atoms with Crippen molar-refractivity contribution in [3.05, 3.63) is 101 Å². The Morgan fingerprint density at radius 3 is 2.68 bits per heavy atom. The van der Waals surface area contributed by atoms with E-state index >= 15 is 0 Å². The summed E-state index contributed by atoms with van der Waals surface area (Å²) in [5, 5.41) is 15.3. The van der Waals surface area contributed by atoms with Gasteiger partial charge in [-0.05, 0) is 23.6 Å². The number of aromatic amines is 2. The molecule has 0 aliphatic heterocycles. The number of hydrogen-bond acceptors (Lipinski definition) is 4. The fourth-order valence-corrected chi connectivity index (χ4v) is 4.97. The normalized spacial score (nSPS) is 16.9. The first-order valence-electron chi connectivity index (χ1n) is 11.4. The molecule has 2 atom stereocenters. The molecule has 1 amide bonds. The van der Waals surface area contributed by atoms with Crippen LogP contribution in [0.15, 0.2) is 78.5 Å². The summed E-state index contributed by atoms with van der Waals surface area (Å²) in [7, 11) is 0. The van der Waals surface area contributed by atoms with Gasteiger partial charge in [-0.3, -0.25) is 9.59 Å². The molecule has 0 bridgehead atoms. The topological polar surface area (TPSA) is 111 Å². The molecule has 4 aromatic rings. The average Bonchev–Trinajstić information content (AvgIpc) is 3.55. The minimum absolute atomic E-state index is 0.0857. The summed E-state index contributed by atoms with van der Waals surface area (Å²) >= 11 is 0. The van der Waals surface area contributed by atoms with Crippen molar-refractivity contribution < 1.29 is 14.7 Å². The summed E-state index contributed by atoms with van der Waals surface area (Å²) in [6.07, 6.45) is 4.07. The van der Waals surface area contributed by atoms with E-state index in [1.54, 1.807) is 12.5 Å². The Hall–Kier alpha value is -4.13. The van der Waals surface area contributed by atoms with Gasteiger partial charge in [-0.25, -0.2) is 4.98 Å². The van der Waals surface area contributed by atoms with Crippen LogP contribution in [0.2, 0.25) is 0 Å². The van der Waals surface area contributed by atoms with E-state index in [2.05, 4.69) is 20.3 Å². The van der Waals surface area contributed by atoms with Crippen LogP contribution in [0.4, 0.5) is 0 Å². The number of amides is 1. The Morgan fingerprint density at radius 1 is 1.18 bits per heavy atom. The number of carbonyl (C=O) groups excluding carboxylic acids is 2. The van der Waals surface area contributed by atoms with E-state index in [9.17, 15) is 14.7 Å². The largest absolute Gasteiger partial charge is 0.511 e. The fourth-order valence-electron chi connectivity index (χ4n) is 4.97. The number of benzene rings is 2. The Kier molecular flexibility index (Phi) is 5.76. The van der Waals surface area contributed by atoms with Crippen LogP contribution in [-0.2, 0) is 16.0 Å². The SMILES string of the molecule is CC(=O)NCCc1c(C(C2=C(O)C(c3ccccc3)CC2=O)c2cnc[nH]2)[nH]c2ccccc12. The standard InChI is InChI=1S/C27H26N4O3/c1-16(32)29-12-11-19-18-9-5-6-10-21(18)31-26(19)24(22-14-28-15-30-22)25-23(33)13-20(27(25)34)17-7-3-2-4-8-17/h2-10,14-15,20,24,31,34H,11-13H2,1H3,(H,28,30)(H,29,32). The van der Waals surface area contributed by atoms with Gasteiger partial charge in [-0.15, -0.1) is 0 Å². The number of nitrogens with zero attached hydrogens (tertiary/aromatic N) is 1. The summed E-state index contributed by atoms with van der Waals surface area (Å²) in [6, 6.07) is 17.5. The Morgan fingerprint density at radius 2 is 1.94 bits per heavy atom. The second-order valence-electron chi connectivity index (χ2n) is 8.63. The summed E-state index contributed by atoms with van der Waals surface area (Å²) in [5.74, 6) is -0.993. The number of H-pyrrole nitrogens is 2. The maximum atomic E-state index is 13.4. The predicted octanol–water partition coefficient (Wildman–Crippen LogP) is 4.27. The molecule has 7 heteroatoms. The summed E-state index contributed by atoms with van der Waals surface area (Å²) in [4.78, 5) is 35.7. The fraction of sp³-hybridized carbons (Fsp3) is 0.222. The smallest absolute Gasteiger partial charge is 0.216 e. The molecule has 2 heterocycles. The van der Waals surface area contributed by atoms with E-state index < -0.39 is 5.92 Å². The number of allylic oxidation sites excluding steroid dienone is 2. The second-order valence-corrected chi connectivity index (χ2v) is 8.63. The van der Waals surface area contributed by atoms with Gasteiger partial charge in [0.05, 0.1) is 12.2 Å². The zero-order valence-electron chi connectivity index (χ0n) is 18.8. The molecule has 1 aliphatic rings. The molecule has 4 N–H and O–H groups in total. The third-order valence-electron chi connectivity index (χ3n) is 6.50. The number of Topliss-reactive ketones (excluding diaryl/α,β-unsaturated/α-hetero) is 1. The molecule has 0 saturated carbocycles. The van der Waals surface area contributed by atoms with Crippen molar-refractivity contribution in [1.29, 1.82) is 0 Å². The lowest BCUT2D eigenvalue weighted by Gasteiger charge is -2.18. The average molecular weight is 455 g/mol. The number of aliphatic hydroxyl groups is 1. The molecule has 34 heavy (non-hydrogen) atoms. The number of para-hydroxylation sites is 1. The third-order valence-corrected chi connectivity index (χ3v) is 6.50. The predicted molar refractivity (Wildman–Crippen MR) is 130 cm³/mol. The molecule has 172 valence electrons. The highest BCUT2D eigenvalue weighted by molar-refractivity contribution is 6.02. The van der Waals surface area contributed by atoms with Crippen molar-refractivity contribution in [3.8, 4) is 0 Å². The lowest BCUT2D eigenvalue weighted by molar-refractivity contribution is -0.119. The first-order chi connectivity index (χ1) is 16.5. The van der Waals surface area contributed by atoms with Crippen LogP contribution in [0.3, 0.4) is 0 Å². The number of rotatable bonds is 7. The lowest BCUT2D eigenvalue weighted by Crippen LogP contribution is -2.23. The van der Waals surface area contributed by atoms with Gasteiger partial charge in [0.15, 0.2) is 5.78 Å². The first kappa shape index (κ1) is 21.7. The minimum atomic E-state index is -0.538. The first-order valence-corrected chi connectivity index (χ1v) is 11.4. The number of nitrogens with one attached hydrogen (secondary N) is 3. The molecule has 7 nitrogen and oxygen atoms in total. The van der Waals surface area contributed by atoms with Gasteiger partial charge < -0.3 is 20.4 Å². The highest BCUT2D eigenvalue weighted by atomic mass is 16.3. The van der Waals surface area contributed by atoms with E-state index in [4.69, 9.17) is 0 Å². The number of carbonyl (C=O) groups is 2. The van der Waals surface area contributed by atoms with Crippen molar-refractivity contribution >= 4 is 22.6 Å². The third kappa shape index (κ3) is 3.90. The van der Waals surface area contributed by atoms with Gasteiger partial charge in [-0.1, -0.05) is 48.5 Å². The summed E-state index contributed by atoms with van der Waals surface area (Å²) in [6.45, 7) is 1.96. The van der Waals surface area contributed by atoms with E-state index in [-0.39, 0.29) is 29.8 Å². The monoisotopic (exact) mass is 454 g/mol. The van der Waals surface area contributed by atoms with Gasteiger partial charge in [0, 0.05) is 59.9 Å². The molecule has 0 spiro atoms. The zero-order chi connectivity index (χ0) is 23.7. The molecule has 2 unspecified atom stereocenters. The van der Waals surface area contributed by atoms with Crippen LogP contribution in [0.5, 0.6) is 0 Å². The molecule has 2 aromatic heterocycles. The highest BCUT2D eigenvalue weighted by Gasteiger charge is 2.40. The van der Waals surface area contributed by atoms with Crippen molar-refractivity contribution in [3.63, 3.8) is 0 Å². The maximum Gasteiger partial charge on any atom is 0.216 e. The van der Waals surface area contributed by atoms with Crippen LogP contribution >= 0.6 is 0 Å². The molecular formula is C27H26N4O3. The van der Waals surface area contributed by atoms with Crippen LogP contribution in [0, 0.1) is 0 Å². The number of aromatic nitrogens is 3.